The van der Waals surface area contributed by atoms with Crippen molar-refractivity contribution < 1.29 is 4.42 Å². The second kappa shape index (κ2) is 11.4. The third kappa shape index (κ3) is 4.78. The van der Waals surface area contributed by atoms with E-state index in [1.165, 1.54) is 42.4 Å². The highest BCUT2D eigenvalue weighted by Gasteiger charge is 2.22. The van der Waals surface area contributed by atoms with E-state index in [1.807, 2.05) is 24.3 Å². The lowest BCUT2D eigenvalue weighted by atomic mass is 9.98. The Bertz CT molecular complexity index is 2420. The maximum absolute atomic E-state index is 6.25. The number of anilines is 3. The SMILES string of the molecule is c1ccc(-c2ccccc2N(c2ccc3c(c2)sc2cccc(-c4nc5ccccc5o4)c23)c2ccccc2-c2ccccc2)cc1. The highest BCUT2D eigenvalue weighted by atomic mass is 32.1. The van der Waals surface area contributed by atoms with Crippen molar-refractivity contribution >= 4 is 59.7 Å². The van der Waals surface area contributed by atoms with E-state index < -0.39 is 0 Å². The Kier molecular flexibility index (Phi) is 6.65. The van der Waals surface area contributed by atoms with Crippen LogP contribution in [0.15, 0.2) is 174 Å². The molecule has 2 heterocycles. The number of rotatable bonds is 6. The summed E-state index contributed by atoms with van der Waals surface area (Å²) in [6.45, 7) is 0. The fourth-order valence-electron chi connectivity index (χ4n) is 6.59. The molecule has 9 rings (SSSR count). The summed E-state index contributed by atoms with van der Waals surface area (Å²) in [5.41, 5.74) is 10.7. The lowest BCUT2D eigenvalue weighted by Crippen LogP contribution is -2.12. The van der Waals surface area contributed by atoms with Gasteiger partial charge in [-0.1, -0.05) is 121 Å². The summed E-state index contributed by atoms with van der Waals surface area (Å²) >= 11 is 1.80. The van der Waals surface area contributed by atoms with E-state index >= 15 is 0 Å². The molecule has 0 aliphatic carbocycles. The van der Waals surface area contributed by atoms with Gasteiger partial charge >= 0.3 is 0 Å². The van der Waals surface area contributed by atoms with Crippen LogP contribution in [0, 0.1) is 0 Å². The summed E-state index contributed by atoms with van der Waals surface area (Å²) < 4.78 is 8.67. The van der Waals surface area contributed by atoms with Gasteiger partial charge in [-0.15, -0.1) is 11.3 Å². The standard InChI is InChI=1S/C43H28N2OS/c1-3-14-29(15-4-1)32-18-7-10-22-37(32)45(38-23-11-8-19-33(38)30-16-5-2-6-17-30)31-26-27-34-41(28-31)47-40-25-13-20-35(42(34)40)43-44-36-21-9-12-24-39(36)46-43/h1-28H. The number of thiophene rings is 1. The van der Waals surface area contributed by atoms with Gasteiger partial charge in [0.1, 0.15) is 5.52 Å². The zero-order chi connectivity index (χ0) is 31.2. The van der Waals surface area contributed by atoms with Gasteiger partial charge in [-0.3, -0.25) is 0 Å². The molecule has 0 saturated heterocycles. The van der Waals surface area contributed by atoms with E-state index in [1.54, 1.807) is 11.3 Å². The van der Waals surface area contributed by atoms with Gasteiger partial charge in [-0.2, -0.15) is 0 Å². The number of benzene rings is 7. The first-order valence-electron chi connectivity index (χ1n) is 15.7. The van der Waals surface area contributed by atoms with Gasteiger partial charge in [0.2, 0.25) is 5.89 Å². The summed E-state index contributed by atoms with van der Waals surface area (Å²) in [5, 5.41) is 2.37. The van der Waals surface area contributed by atoms with Crippen molar-refractivity contribution in [2.45, 2.75) is 0 Å². The van der Waals surface area contributed by atoms with Crippen LogP contribution >= 0.6 is 11.3 Å². The van der Waals surface area contributed by atoms with Crippen LogP contribution in [0.3, 0.4) is 0 Å². The summed E-state index contributed by atoms with van der Waals surface area (Å²) in [6.07, 6.45) is 0. The fraction of sp³-hybridized carbons (Fsp3) is 0. The Morgan fingerprint density at radius 2 is 1.09 bits per heavy atom. The third-order valence-electron chi connectivity index (χ3n) is 8.72. The lowest BCUT2D eigenvalue weighted by Gasteiger charge is -2.30. The molecule has 222 valence electrons. The molecule has 0 unspecified atom stereocenters. The normalized spacial score (nSPS) is 11.4. The zero-order valence-corrected chi connectivity index (χ0v) is 26.2. The van der Waals surface area contributed by atoms with Gasteiger partial charge in [0.25, 0.3) is 0 Å². The van der Waals surface area contributed by atoms with Crippen LogP contribution in [0.25, 0.3) is 65.0 Å². The van der Waals surface area contributed by atoms with E-state index in [9.17, 15) is 0 Å². The third-order valence-corrected chi connectivity index (χ3v) is 9.84. The average molecular weight is 621 g/mol. The van der Waals surface area contributed by atoms with E-state index in [0.29, 0.717) is 5.89 Å². The molecule has 9 aromatic rings. The molecule has 3 nitrogen and oxygen atoms in total. The molecule has 47 heavy (non-hydrogen) atoms. The first-order valence-corrected chi connectivity index (χ1v) is 16.5. The maximum atomic E-state index is 6.25. The van der Waals surface area contributed by atoms with Crippen LogP contribution in [0.2, 0.25) is 0 Å². The van der Waals surface area contributed by atoms with E-state index in [-0.39, 0.29) is 0 Å². The topological polar surface area (TPSA) is 29.3 Å². The Morgan fingerprint density at radius 1 is 0.489 bits per heavy atom. The maximum Gasteiger partial charge on any atom is 0.227 e. The highest BCUT2D eigenvalue weighted by Crippen LogP contribution is 2.47. The van der Waals surface area contributed by atoms with Crippen LogP contribution < -0.4 is 4.90 Å². The molecule has 0 radical (unpaired) electrons. The van der Waals surface area contributed by atoms with Crippen molar-refractivity contribution in [3.63, 3.8) is 0 Å². The zero-order valence-electron chi connectivity index (χ0n) is 25.4. The van der Waals surface area contributed by atoms with Gasteiger partial charge in [0.15, 0.2) is 5.58 Å². The molecule has 0 fully saturated rings. The molecular formula is C43H28N2OS. The molecule has 4 heteroatoms. The first-order chi connectivity index (χ1) is 23.3. The van der Waals surface area contributed by atoms with Crippen molar-refractivity contribution in [1.29, 1.82) is 0 Å². The molecule has 0 saturated carbocycles. The molecule has 0 N–H and O–H groups in total. The number of para-hydroxylation sites is 4. The Balaban J connectivity index is 1.27. The van der Waals surface area contributed by atoms with E-state index in [2.05, 4.69) is 150 Å². The molecule has 0 atom stereocenters. The first kappa shape index (κ1) is 27.3. The second-order valence-corrected chi connectivity index (χ2v) is 12.6. The van der Waals surface area contributed by atoms with E-state index in [0.717, 1.165) is 33.7 Å². The number of nitrogens with zero attached hydrogens (tertiary/aromatic N) is 2. The predicted molar refractivity (Wildman–Crippen MR) is 198 cm³/mol. The predicted octanol–water partition coefficient (Wildman–Crippen LogP) is 12.7. The van der Waals surface area contributed by atoms with Crippen LogP contribution in [0.5, 0.6) is 0 Å². The van der Waals surface area contributed by atoms with Crippen LogP contribution in [0.4, 0.5) is 17.1 Å². The van der Waals surface area contributed by atoms with Gasteiger partial charge in [-0.25, -0.2) is 4.98 Å². The van der Waals surface area contributed by atoms with Crippen molar-refractivity contribution in [3.05, 3.63) is 170 Å². The number of fused-ring (bicyclic) bond motifs is 4. The Hall–Kier alpha value is -5.97. The van der Waals surface area contributed by atoms with Crippen molar-refractivity contribution in [3.8, 4) is 33.7 Å². The summed E-state index contributed by atoms with van der Waals surface area (Å²) in [4.78, 5) is 7.26. The minimum atomic E-state index is 0.649. The number of hydrogen-bond donors (Lipinski definition) is 0. The Morgan fingerprint density at radius 3 is 1.77 bits per heavy atom. The molecule has 0 aliphatic rings. The fourth-order valence-corrected chi connectivity index (χ4v) is 7.75. The molecule has 0 spiro atoms. The van der Waals surface area contributed by atoms with Gasteiger partial charge in [0, 0.05) is 42.6 Å². The smallest absolute Gasteiger partial charge is 0.227 e. The molecule has 0 bridgehead atoms. The minimum absolute atomic E-state index is 0.649. The highest BCUT2D eigenvalue weighted by molar-refractivity contribution is 7.26. The summed E-state index contributed by atoms with van der Waals surface area (Å²) in [5.74, 6) is 0.649. The quantitative estimate of drug-likeness (QED) is 0.185. The van der Waals surface area contributed by atoms with Gasteiger partial charge in [0.05, 0.1) is 11.4 Å². The number of oxazole rings is 1. The van der Waals surface area contributed by atoms with Crippen molar-refractivity contribution in [1.82, 2.24) is 4.98 Å². The van der Waals surface area contributed by atoms with Crippen LogP contribution in [0.1, 0.15) is 0 Å². The average Bonchev–Trinajstić information content (AvgIpc) is 3.75. The molecule has 2 aromatic heterocycles. The van der Waals surface area contributed by atoms with Crippen LogP contribution in [-0.4, -0.2) is 4.98 Å². The second-order valence-electron chi connectivity index (χ2n) is 11.5. The van der Waals surface area contributed by atoms with E-state index in [4.69, 9.17) is 9.40 Å². The monoisotopic (exact) mass is 620 g/mol. The summed E-state index contributed by atoms with van der Waals surface area (Å²) in [6, 6.07) is 59.9. The van der Waals surface area contributed by atoms with Crippen molar-refractivity contribution in [2.75, 3.05) is 4.90 Å². The molecular weight excluding hydrogens is 593 g/mol. The largest absolute Gasteiger partial charge is 0.436 e. The molecule has 0 aliphatic heterocycles. The Labute approximate surface area is 276 Å². The van der Waals surface area contributed by atoms with Crippen LogP contribution in [-0.2, 0) is 0 Å². The summed E-state index contributed by atoms with van der Waals surface area (Å²) in [7, 11) is 0. The number of hydrogen-bond acceptors (Lipinski definition) is 4. The molecule has 7 aromatic carbocycles. The lowest BCUT2D eigenvalue weighted by molar-refractivity contribution is 0.620. The van der Waals surface area contributed by atoms with Gasteiger partial charge < -0.3 is 9.32 Å². The minimum Gasteiger partial charge on any atom is -0.436 e. The van der Waals surface area contributed by atoms with Crippen molar-refractivity contribution in [2.24, 2.45) is 0 Å². The number of aromatic nitrogens is 1. The van der Waals surface area contributed by atoms with Gasteiger partial charge in [-0.05, 0) is 59.7 Å². The molecule has 0 amide bonds.